The number of hydrogen-bond donors (Lipinski definition) is 0. The molecule has 2 saturated heterocycles. The number of esters is 1. The molecule has 0 aromatic heterocycles. The summed E-state index contributed by atoms with van der Waals surface area (Å²) >= 11 is 0. The van der Waals surface area contributed by atoms with E-state index in [0.717, 1.165) is 11.1 Å². The first-order valence-electron chi connectivity index (χ1n) is 11.5. The molecule has 1 aliphatic carbocycles. The van der Waals surface area contributed by atoms with E-state index in [-0.39, 0.29) is 35.6 Å². The molecular weight excluding hydrogens is 440 g/mol. The summed E-state index contributed by atoms with van der Waals surface area (Å²) < 4.78 is 11.0. The van der Waals surface area contributed by atoms with Crippen molar-refractivity contribution in [1.82, 2.24) is 5.23 Å². The van der Waals surface area contributed by atoms with Crippen molar-refractivity contribution in [3.63, 3.8) is 0 Å². The van der Waals surface area contributed by atoms with Gasteiger partial charge in [-0.25, -0.2) is 9.63 Å². The van der Waals surface area contributed by atoms with E-state index in [1.165, 1.54) is 12.3 Å². The Kier molecular flexibility index (Phi) is 6.11. The fourth-order valence-corrected chi connectivity index (χ4v) is 6.01. The first-order chi connectivity index (χ1) is 16.5. The number of fused-ring (bicyclic) bond motifs is 2. The molecule has 2 aliphatic heterocycles. The lowest BCUT2D eigenvalue weighted by atomic mass is 9.63. The number of carbonyl (C=O) groups excluding carboxylic acids is 1. The lowest BCUT2D eigenvalue weighted by Gasteiger charge is -2.54. The lowest BCUT2D eigenvalue weighted by Crippen LogP contribution is -2.63. The molecule has 2 unspecified atom stereocenters. The van der Waals surface area contributed by atoms with Crippen LogP contribution in [0.4, 0.5) is 0 Å². The highest BCUT2D eigenvalue weighted by Crippen LogP contribution is 2.57. The van der Waals surface area contributed by atoms with Crippen molar-refractivity contribution in [2.24, 2.45) is 5.92 Å². The van der Waals surface area contributed by atoms with Gasteiger partial charge < -0.3 is 9.47 Å². The summed E-state index contributed by atoms with van der Waals surface area (Å²) in [5, 5.41) is 13.7. The van der Waals surface area contributed by atoms with Crippen molar-refractivity contribution < 1.29 is 28.9 Å². The quantitative estimate of drug-likeness (QED) is 0.374. The summed E-state index contributed by atoms with van der Waals surface area (Å²) in [7, 11) is 2.89. The van der Waals surface area contributed by atoms with E-state index < -0.39 is 29.8 Å². The smallest absolute Gasteiger partial charge is 0.337 e. The average Bonchev–Trinajstić information content (AvgIpc) is 3.30. The van der Waals surface area contributed by atoms with E-state index in [2.05, 4.69) is 0 Å². The summed E-state index contributed by atoms with van der Waals surface area (Å²) in [5.74, 6) is -2.57. The molecule has 2 aromatic carbocycles. The first kappa shape index (κ1) is 22.9. The van der Waals surface area contributed by atoms with E-state index in [9.17, 15) is 14.9 Å². The maximum atomic E-state index is 12.3. The molecule has 0 radical (unpaired) electrons. The summed E-state index contributed by atoms with van der Waals surface area (Å²) in [6.07, 6.45) is 0.0929. The second kappa shape index (κ2) is 9.07. The molecule has 2 heterocycles. The van der Waals surface area contributed by atoms with Crippen molar-refractivity contribution in [3.8, 4) is 0 Å². The number of ether oxygens (including phenoxy) is 2. The van der Waals surface area contributed by atoms with Gasteiger partial charge in [-0.3, -0.25) is 15.0 Å². The second-order valence-electron chi connectivity index (χ2n) is 9.17. The van der Waals surface area contributed by atoms with Gasteiger partial charge in [0.05, 0.1) is 19.1 Å². The van der Waals surface area contributed by atoms with Gasteiger partial charge in [0.1, 0.15) is 0 Å². The zero-order chi connectivity index (χ0) is 23.9. The molecule has 1 saturated carbocycles. The highest BCUT2D eigenvalue weighted by atomic mass is 17.0. The maximum absolute atomic E-state index is 12.3. The Morgan fingerprint density at radius 2 is 1.71 bits per heavy atom. The molecule has 5 rings (SSSR count). The monoisotopic (exact) mass is 468 g/mol. The molecule has 0 amide bonds. The molecule has 0 N–H and O–H groups in total. The van der Waals surface area contributed by atoms with Gasteiger partial charge in [0.15, 0.2) is 11.9 Å². The van der Waals surface area contributed by atoms with Crippen LogP contribution in [-0.4, -0.2) is 54.3 Å². The molecule has 3 aliphatic rings. The molecular formula is C25H28N2O7. The van der Waals surface area contributed by atoms with Crippen LogP contribution in [0.5, 0.6) is 0 Å². The third-order valence-electron chi connectivity index (χ3n) is 7.57. The fraction of sp³-hybridized carbons (Fsp3) is 0.480. The van der Waals surface area contributed by atoms with Crippen molar-refractivity contribution in [2.75, 3.05) is 14.2 Å². The molecule has 0 bridgehead atoms. The van der Waals surface area contributed by atoms with Crippen molar-refractivity contribution in [2.45, 2.75) is 55.1 Å². The molecule has 180 valence electrons. The minimum Gasteiger partial charge on any atom is -0.467 e. The van der Waals surface area contributed by atoms with Crippen LogP contribution in [-0.2, 0) is 23.9 Å². The van der Waals surface area contributed by atoms with Crippen LogP contribution in [0.15, 0.2) is 60.7 Å². The maximum Gasteiger partial charge on any atom is 0.337 e. The number of rotatable bonds is 5. The van der Waals surface area contributed by atoms with Crippen molar-refractivity contribution in [1.29, 1.82) is 0 Å². The van der Waals surface area contributed by atoms with Gasteiger partial charge >= 0.3 is 5.97 Å². The largest absolute Gasteiger partial charge is 0.467 e. The third kappa shape index (κ3) is 3.78. The second-order valence-corrected chi connectivity index (χ2v) is 9.17. The fourth-order valence-electron chi connectivity index (χ4n) is 6.01. The SMILES string of the molecule is COC(=O)C1CC2[C@H](c3ccccc3)[C@H]3C[C@@H]([N+](=O)[O-])[C@H](c4ccccc4)C[C@@]3(OC)ON2O1. The van der Waals surface area contributed by atoms with Crippen LogP contribution in [0.3, 0.4) is 0 Å². The van der Waals surface area contributed by atoms with Gasteiger partial charge in [-0.2, -0.15) is 0 Å². The number of carbonyl (C=O) groups is 1. The number of hydrogen-bond acceptors (Lipinski definition) is 8. The van der Waals surface area contributed by atoms with Crippen molar-refractivity contribution in [3.05, 3.63) is 81.9 Å². The van der Waals surface area contributed by atoms with E-state index in [1.807, 2.05) is 60.7 Å². The number of nitro groups is 1. The molecule has 3 fully saturated rings. The van der Waals surface area contributed by atoms with Gasteiger partial charge in [0.25, 0.3) is 0 Å². The van der Waals surface area contributed by atoms with Crippen LogP contribution < -0.4 is 0 Å². The molecule has 9 nitrogen and oxygen atoms in total. The summed E-state index contributed by atoms with van der Waals surface area (Å²) in [6, 6.07) is 18.2. The topological polar surface area (TPSA) is 100 Å². The minimum atomic E-state index is -1.16. The highest BCUT2D eigenvalue weighted by molar-refractivity contribution is 5.74. The zero-order valence-electron chi connectivity index (χ0n) is 19.1. The lowest BCUT2D eigenvalue weighted by molar-refractivity contribution is -0.552. The minimum absolute atomic E-state index is 0.173. The van der Waals surface area contributed by atoms with Crippen LogP contribution in [0.2, 0.25) is 0 Å². The third-order valence-corrected chi connectivity index (χ3v) is 7.57. The number of benzene rings is 2. The van der Waals surface area contributed by atoms with Crippen LogP contribution in [0.1, 0.15) is 42.2 Å². The van der Waals surface area contributed by atoms with E-state index in [4.69, 9.17) is 19.1 Å². The molecule has 34 heavy (non-hydrogen) atoms. The number of nitrogens with zero attached hydrogens (tertiary/aromatic N) is 2. The summed E-state index contributed by atoms with van der Waals surface area (Å²) in [6.45, 7) is 0. The summed E-state index contributed by atoms with van der Waals surface area (Å²) in [5.41, 5.74) is 1.87. The molecule has 7 atom stereocenters. The Bertz CT molecular complexity index is 1040. The van der Waals surface area contributed by atoms with E-state index in [1.54, 1.807) is 7.11 Å². The van der Waals surface area contributed by atoms with Gasteiger partial charge in [-0.1, -0.05) is 65.9 Å². The first-order valence-corrected chi connectivity index (χ1v) is 11.5. The molecule has 0 spiro atoms. The number of methoxy groups -OCH3 is 2. The highest BCUT2D eigenvalue weighted by Gasteiger charge is 2.64. The van der Waals surface area contributed by atoms with E-state index in [0.29, 0.717) is 6.42 Å². The van der Waals surface area contributed by atoms with Crippen LogP contribution in [0, 0.1) is 16.0 Å². The standard InChI is InChI=1S/C25H28N2O7/c1-31-24(28)22-14-21-23(17-11-7-4-8-12-17)19-13-20(26(29)30)18(16-9-5-3-6-10-16)15-25(19,32-2)34-27(21)33-22/h3-12,18-23H,13-15H2,1-2H3/t18-,19+,20+,21?,22?,23+,25+/m0/s1. The Labute approximate surface area is 197 Å². The Hall–Kier alpha value is -2.85. The summed E-state index contributed by atoms with van der Waals surface area (Å²) in [4.78, 5) is 36.7. The van der Waals surface area contributed by atoms with E-state index >= 15 is 0 Å². The Morgan fingerprint density at radius 1 is 1.06 bits per heavy atom. The molecule has 2 aromatic rings. The van der Waals surface area contributed by atoms with Crippen LogP contribution in [0.25, 0.3) is 0 Å². The van der Waals surface area contributed by atoms with Crippen LogP contribution >= 0.6 is 0 Å². The zero-order valence-corrected chi connectivity index (χ0v) is 19.1. The van der Waals surface area contributed by atoms with Crippen molar-refractivity contribution >= 4 is 5.97 Å². The average molecular weight is 469 g/mol. The van der Waals surface area contributed by atoms with Gasteiger partial charge in [-0.15, -0.1) is 0 Å². The van der Waals surface area contributed by atoms with Gasteiger partial charge in [0.2, 0.25) is 6.04 Å². The predicted molar refractivity (Wildman–Crippen MR) is 120 cm³/mol. The predicted octanol–water partition coefficient (Wildman–Crippen LogP) is 3.44. The Morgan fingerprint density at radius 3 is 2.29 bits per heavy atom. The van der Waals surface area contributed by atoms with Gasteiger partial charge in [-0.05, 0) is 11.1 Å². The Balaban J connectivity index is 1.59. The number of hydroxylamine groups is 2. The van der Waals surface area contributed by atoms with Gasteiger partial charge in [0, 0.05) is 43.1 Å². The normalized spacial score (nSPS) is 35.2. The molecule has 9 heteroatoms.